The van der Waals surface area contributed by atoms with Crippen LogP contribution in [-0.4, -0.2) is 17.0 Å². The fourth-order valence-corrected chi connectivity index (χ4v) is 0.881. The predicted molar refractivity (Wildman–Crippen MR) is 45.4 cm³/mol. The van der Waals surface area contributed by atoms with Crippen molar-refractivity contribution in [3.8, 4) is 0 Å². The van der Waals surface area contributed by atoms with Crippen molar-refractivity contribution in [2.75, 3.05) is 0 Å². The molecule has 0 aromatic heterocycles. The van der Waals surface area contributed by atoms with Crippen LogP contribution in [0, 0.1) is 5.92 Å². The maximum Gasteiger partial charge on any atom is 0.122 e. The summed E-state index contributed by atoms with van der Waals surface area (Å²) in [6.45, 7) is 5.93. The smallest absolute Gasteiger partial charge is 0.122 e. The van der Waals surface area contributed by atoms with E-state index in [9.17, 15) is 9.90 Å². The zero-order chi connectivity index (χ0) is 8.91. The summed E-state index contributed by atoms with van der Waals surface area (Å²) >= 11 is 0. The predicted octanol–water partition coefficient (Wildman–Crippen LogP) is 1.76. The van der Waals surface area contributed by atoms with Crippen molar-refractivity contribution in [3.63, 3.8) is 0 Å². The molecule has 0 rings (SSSR count). The van der Waals surface area contributed by atoms with E-state index in [1.165, 1.54) is 0 Å². The van der Waals surface area contributed by atoms with Gasteiger partial charge in [0.15, 0.2) is 0 Å². The Labute approximate surface area is 68.6 Å². The molecule has 2 nitrogen and oxygen atoms in total. The third kappa shape index (κ3) is 6.05. The fraction of sp³-hybridized carbons (Fsp3) is 0.889. The molecule has 0 fully saturated rings. The number of hydrogen-bond donors (Lipinski definition) is 1. The zero-order valence-corrected chi connectivity index (χ0v) is 7.63. The Morgan fingerprint density at radius 2 is 2.09 bits per heavy atom. The molecule has 0 aromatic carbocycles. The standard InChI is InChI=1S/C9H18O2/c1-8(2)4-5-9(3,11)6-7-10/h7-8,11H,4-6H2,1-3H3. The van der Waals surface area contributed by atoms with Crippen LogP contribution in [0.1, 0.15) is 40.0 Å². The summed E-state index contributed by atoms with van der Waals surface area (Å²) in [4.78, 5) is 10.1. The Bertz CT molecular complexity index is 117. The van der Waals surface area contributed by atoms with Crippen molar-refractivity contribution < 1.29 is 9.90 Å². The Morgan fingerprint density at radius 1 is 1.55 bits per heavy atom. The Kier molecular flexibility index (Phi) is 4.34. The molecule has 0 aromatic rings. The van der Waals surface area contributed by atoms with Gasteiger partial charge in [-0.1, -0.05) is 13.8 Å². The average molecular weight is 158 g/mol. The lowest BCUT2D eigenvalue weighted by Crippen LogP contribution is -2.24. The maximum absolute atomic E-state index is 10.1. The molecule has 11 heavy (non-hydrogen) atoms. The summed E-state index contributed by atoms with van der Waals surface area (Å²) in [5.41, 5.74) is -0.786. The van der Waals surface area contributed by atoms with Gasteiger partial charge in [-0.3, -0.25) is 0 Å². The van der Waals surface area contributed by atoms with Crippen molar-refractivity contribution in [3.05, 3.63) is 0 Å². The SMILES string of the molecule is CC(C)CCC(C)(O)CC=O. The second-order valence-corrected chi connectivity index (χ2v) is 3.80. The highest BCUT2D eigenvalue weighted by Gasteiger charge is 2.19. The van der Waals surface area contributed by atoms with E-state index in [1.807, 2.05) is 0 Å². The highest BCUT2D eigenvalue weighted by atomic mass is 16.3. The molecule has 0 amide bonds. The first-order valence-electron chi connectivity index (χ1n) is 4.14. The number of carbonyl (C=O) groups is 1. The van der Waals surface area contributed by atoms with Crippen LogP contribution in [0.2, 0.25) is 0 Å². The number of aldehydes is 1. The molecule has 1 N–H and O–H groups in total. The van der Waals surface area contributed by atoms with Crippen LogP contribution < -0.4 is 0 Å². The maximum atomic E-state index is 10.1. The van der Waals surface area contributed by atoms with Gasteiger partial charge in [0.05, 0.1) is 5.60 Å². The van der Waals surface area contributed by atoms with Crippen molar-refractivity contribution in [1.82, 2.24) is 0 Å². The first kappa shape index (κ1) is 10.6. The molecule has 0 spiro atoms. The Morgan fingerprint density at radius 3 is 2.45 bits per heavy atom. The molecule has 0 aliphatic rings. The van der Waals surface area contributed by atoms with Gasteiger partial charge in [-0.2, -0.15) is 0 Å². The van der Waals surface area contributed by atoms with E-state index in [4.69, 9.17) is 0 Å². The van der Waals surface area contributed by atoms with Crippen LogP contribution >= 0.6 is 0 Å². The summed E-state index contributed by atoms with van der Waals surface area (Å²) in [7, 11) is 0. The van der Waals surface area contributed by atoms with Crippen molar-refractivity contribution in [2.45, 2.75) is 45.6 Å². The second kappa shape index (κ2) is 4.50. The number of rotatable bonds is 5. The molecule has 0 saturated carbocycles. The average Bonchev–Trinajstić information content (AvgIpc) is 1.84. The minimum absolute atomic E-state index is 0.250. The first-order valence-corrected chi connectivity index (χ1v) is 4.14. The highest BCUT2D eigenvalue weighted by molar-refractivity contribution is 5.51. The zero-order valence-electron chi connectivity index (χ0n) is 7.63. The van der Waals surface area contributed by atoms with Gasteiger partial charge in [0.25, 0.3) is 0 Å². The van der Waals surface area contributed by atoms with Gasteiger partial charge in [-0.15, -0.1) is 0 Å². The summed E-state index contributed by atoms with van der Waals surface area (Å²) in [6, 6.07) is 0. The van der Waals surface area contributed by atoms with Crippen molar-refractivity contribution in [1.29, 1.82) is 0 Å². The fourth-order valence-electron chi connectivity index (χ4n) is 0.881. The summed E-state index contributed by atoms with van der Waals surface area (Å²) < 4.78 is 0. The molecule has 0 saturated heterocycles. The largest absolute Gasteiger partial charge is 0.390 e. The topological polar surface area (TPSA) is 37.3 Å². The van der Waals surface area contributed by atoms with Crippen molar-refractivity contribution >= 4 is 6.29 Å². The quantitative estimate of drug-likeness (QED) is 0.619. The molecule has 66 valence electrons. The van der Waals surface area contributed by atoms with E-state index >= 15 is 0 Å². The summed E-state index contributed by atoms with van der Waals surface area (Å²) in [5.74, 6) is 0.591. The number of aliphatic hydroxyl groups is 1. The molecule has 0 aliphatic heterocycles. The van der Waals surface area contributed by atoms with Crippen LogP contribution in [0.3, 0.4) is 0 Å². The summed E-state index contributed by atoms with van der Waals surface area (Å²) in [6.07, 6.45) is 2.71. The first-order chi connectivity index (χ1) is 4.98. The van der Waals surface area contributed by atoms with E-state index in [0.717, 1.165) is 12.7 Å². The van der Waals surface area contributed by atoms with Crippen LogP contribution in [0.5, 0.6) is 0 Å². The Balaban J connectivity index is 3.62. The van der Waals surface area contributed by atoms with Gasteiger partial charge in [0, 0.05) is 6.42 Å². The second-order valence-electron chi connectivity index (χ2n) is 3.80. The summed E-state index contributed by atoms with van der Waals surface area (Å²) in [5, 5.41) is 9.53. The number of carbonyl (C=O) groups excluding carboxylic acids is 1. The molecule has 0 heterocycles. The normalized spacial score (nSPS) is 16.5. The monoisotopic (exact) mass is 158 g/mol. The van der Waals surface area contributed by atoms with E-state index in [1.54, 1.807) is 6.92 Å². The molecule has 1 unspecified atom stereocenters. The Hall–Kier alpha value is -0.370. The highest BCUT2D eigenvalue weighted by Crippen LogP contribution is 2.18. The van der Waals surface area contributed by atoms with Crippen molar-refractivity contribution in [2.24, 2.45) is 5.92 Å². The molecule has 0 radical (unpaired) electrons. The number of hydrogen-bond acceptors (Lipinski definition) is 2. The third-order valence-electron chi connectivity index (χ3n) is 1.78. The van der Waals surface area contributed by atoms with Crippen LogP contribution in [0.25, 0.3) is 0 Å². The molecule has 0 bridgehead atoms. The minimum atomic E-state index is -0.786. The molecular formula is C9H18O2. The van der Waals surface area contributed by atoms with Gasteiger partial charge in [-0.25, -0.2) is 0 Å². The lowest BCUT2D eigenvalue weighted by Gasteiger charge is -2.21. The van der Waals surface area contributed by atoms with Crippen LogP contribution in [-0.2, 0) is 4.79 Å². The van der Waals surface area contributed by atoms with E-state index < -0.39 is 5.60 Å². The molecule has 1 atom stereocenters. The van der Waals surface area contributed by atoms with Gasteiger partial charge in [0.2, 0.25) is 0 Å². The van der Waals surface area contributed by atoms with Gasteiger partial charge in [0.1, 0.15) is 6.29 Å². The van der Waals surface area contributed by atoms with Crippen LogP contribution in [0.4, 0.5) is 0 Å². The molecular weight excluding hydrogens is 140 g/mol. The van der Waals surface area contributed by atoms with E-state index in [0.29, 0.717) is 12.3 Å². The molecule has 2 heteroatoms. The van der Waals surface area contributed by atoms with Gasteiger partial charge in [-0.05, 0) is 25.7 Å². The van der Waals surface area contributed by atoms with E-state index in [-0.39, 0.29) is 6.42 Å². The lowest BCUT2D eigenvalue weighted by atomic mass is 9.93. The third-order valence-corrected chi connectivity index (χ3v) is 1.78. The molecule has 0 aliphatic carbocycles. The lowest BCUT2D eigenvalue weighted by molar-refractivity contribution is -0.112. The minimum Gasteiger partial charge on any atom is -0.390 e. The van der Waals surface area contributed by atoms with Crippen LogP contribution in [0.15, 0.2) is 0 Å². The van der Waals surface area contributed by atoms with Gasteiger partial charge < -0.3 is 9.90 Å². The van der Waals surface area contributed by atoms with E-state index in [2.05, 4.69) is 13.8 Å². The van der Waals surface area contributed by atoms with Gasteiger partial charge >= 0.3 is 0 Å².